The van der Waals surface area contributed by atoms with Gasteiger partial charge in [-0.1, -0.05) is 6.92 Å². The molecular formula is C11H16BrNO3. The summed E-state index contributed by atoms with van der Waals surface area (Å²) in [5.74, 6) is -0.0347. The Labute approximate surface area is 103 Å². The van der Waals surface area contributed by atoms with Crippen molar-refractivity contribution in [3.63, 3.8) is 0 Å². The molecule has 0 fully saturated rings. The molecule has 0 spiro atoms. The van der Waals surface area contributed by atoms with Gasteiger partial charge in [-0.3, -0.25) is 9.69 Å². The molecule has 0 aliphatic carbocycles. The van der Waals surface area contributed by atoms with E-state index in [-0.39, 0.29) is 12.6 Å². The lowest BCUT2D eigenvalue weighted by Gasteiger charge is -2.25. The van der Waals surface area contributed by atoms with E-state index in [1.165, 1.54) is 0 Å². The van der Waals surface area contributed by atoms with Gasteiger partial charge in [-0.15, -0.1) is 0 Å². The van der Waals surface area contributed by atoms with Crippen molar-refractivity contribution in [3.8, 4) is 0 Å². The zero-order valence-corrected chi connectivity index (χ0v) is 11.0. The lowest BCUT2D eigenvalue weighted by molar-refractivity contribution is -0.139. The lowest BCUT2D eigenvalue weighted by atomic mass is 10.2. The predicted molar refractivity (Wildman–Crippen MR) is 64.3 cm³/mol. The lowest BCUT2D eigenvalue weighted by Crippen LogP contribution is -2.32. The van der Waals surface area contributed by atoms with E-state index >= 15 is 0 Å². The highest BCUT2D eigenvalue weighted by Gasteiger charge is 2.20. The van der Waals surface area contributed by atoms with Gasteiger partial charge in [0.1, 0.15) is 5.76 Å². The van der Waals surface area contributed by atoms with Crippen LogP contribution in [0.25, 0.3) is 0 Å². The second kappa shape index (κ2) is 6.06. The topological polar surface area (TPSA) is 53.7 Å². The predicted octanol–water partition coefficient (Wildman–Crippen LogP) is 2.90. The van der Waals surface area contributed by atoms with Crippen molar-refractivity contribution < 1.29 is 14.3 Å². The highest BCUT2D eigenvalue weighted by molar-refractivity contribution is 9.10. The fourth-order valence-electron chi connectivity index (χ4n) is 1.60. The largest absolute Gasteiger partial charge is 0.480 e. The molecule has 1 aromatic rings. The van der Waals surface area contributed by atoms with E-state index in [0.29, 0.717) is 4.67 Å². The Morgan fingerprint density at radius 1 is 1.62 bits per heavy atom. The molecular weight excluding hydrogens is 274 g/mol. The van der Waals surface area contributed by atoms with E-state index in [4.69, 9.17) is 9.52 Å². The Balaban J connectivity index is 2.73. The first-order chi connectivity index (χ1) is 7.54. The molecule has 1 aromatic heterocycles. The third-order valence-electron chi connectivity index (χ3n) is 2.40. The fraction of sp³-hybridized carbons (Fsp3) is 0.545. The zero-order valence-electron chi connectivity index (χ0n) is 9.44. The van der Waals surface area contributed by atoms with Crippen LogP contribution in [0, 0.1) is 0 Å². The molecule has 0 radical (unpaired) electrons. The number of aliphatic carboxylic acids is 1. The van der Waals surface area contributed by atoms with Gasteiger partial charge < -0.3 is 9.52 Å². The zero-order chi connectivity index (χ0) is 12.1. The van der Waals surface area contributed by atoms with Crippen molar-refractivity contribution >= 4 is 21.9 Å². The van der Waals surface area contributed by atoms with Gasteiger partial charge in [0.2, 0.25) is 0 Å². The number of furan rings is 1. The van der Waals surface area contributed by atoms with Gasteiger partial charge in [0.15, 0.2) is 4.67 Å². The highest BCUT2D eigenvalue weighted by Crippen LogP contribution is 2.24. The van der Waals surface area contributed by atoms with Crippen molar-refractivity contribution in [1.82, 2.24) is 4.90 Å². The number of hydrogen-bond donors (Lipinski definition) is 1. The number of halogens is 1. The van der Waals surface area contributed by atoms with Gasteiger partial charge >= 0.3 is 5.97 Å². The summed E-state index contributed by atoms with van der Waals surface area (Å²) in [6.07, 6.45) is 0.916. The Hall–Kier alpha value is -0.810. The van der Waals surface area contributed by atoms with Crippen LogP contribution in [0.2, 0.25) is 0 Å². The molecule has 16 heavy (non-hydrogen) atoms. The van der Waals surface area contributed by atoms with Gasteiger partial charge in [-0.05, 0) is 48.0 Å². The third-order valence-corrected chi connectivity index (χ3v) is 2.83. The summed E-state index contributed by atoms with van der Waals surface area (Å²) in [6, 6.07) is 3.65. The maximum absolute atomic E-state index is 10.7. The Morgan fingerprint density at radius 3 is 2.75 bits per heavy atom. The average molecular weight is 290 g/mol. The summed E-state index contributed by atoms with van der Waals surface area (Å²) in [7, 11) is 0. The SMILES string of the molecule is CCCN(CC(=O)O)C(C)c1ccc(Br)o1. The first-order valence-corrected chi connectivity index (χ1v) is 6.05. The summed E-state index contributed by atoms with van der Waals surface area (Å²) in [5.41, 5.74) is 0. The number of carboxylic acid groups (broad SMARTS) is 1. The molecule has 0 amide bonds. The normalized spacial score (nSPS) is 13.0. The van der Waals surface area contributed by atoms with Gasteiger partial charge in [0.25, 0.3) is 0 Å². The molecule has 90 valence electrons. The average Bonchev–Trinajstić information content (AvgIpc) is 2.62. The maximum Gasteiger partial charge on any atom is 0.317 e. The standard InChI is InChI=1S/C11H16BrNO3/c1-3-6-13(7-11(14)15)8(2)9-4-5-10(12)16-9/h4-5,8H,3,6-7H2,1-2H3,(H,14,15). The summed E-state index contributed by atoms with van der Waals surface area (Å²) in [5, 5.41) is 8.83. The highest BCUT2D eigenvalue weighted by atomic mass is 79.9. The monoisotopic (exact) mass is 289 g/mol. The summed E-state index contributed by atoms with van der Waals surface area (Å²) in [4.78, 5) is 12.6. The van der Waals surface area contributed by atoms with E-state index in [1.54, 1.807) is 0 Å². The molecule has 1 heterocycles. The molecule has 0 saturated heterocycles. The van der Waals surface area contributed by atoms with Crippen LogP contribution in [-0.2, 0) is 4.79 Å². The molecule has 1 unspecified atom stereocenters. The van der Waals surface area contributed by atoms with Gasteiger partial charge in [0, 0.05) is 0 Å². The van der Waals surface area contributed by atoms with Crippen molar-refractivity contribution in [2.45, 2.75) is 26.3 Å². The van der Waals surface area contributed by atoms with Crippen LogP contribution in [0.15, 0.2) is 21.2 Å². The van der Waals surface area contributed by atoms with Crippen LogP contribution in [0.3, 0.4) is 0 Å². The number of hydrogen-bond acceptors (Lipinski definition) is 3. The van der Waals surface area contributed by atoms with Crippen LogP contribution < -0.4 is 0 Å². The molecule has 1 atom stereocenters. The quantitative estimate of drug-likeness (QED) is 0.875. The van der Waals surface area contributed by atoms with Crippen molar-refractivity contribution in [2.24, 2.45) is 0 Å². The van der Waals surface area contributed by atoms with E-state index < -0.39 is 5.97 Å². The van der Waals surface area contributed by atoms with Crippen LogP contribution >= 0.6 is 15.9 Å². The van der Waals surface area contributed by atoms with Crippen molar-refractivity contribution in [2.75, 3.05) is 13.1 Å². The van der Waals surface area contributed by atoms with E-state index in [0.717, 1.165) is 18.7 Å². The number of rotatable bonds is 6. The number of nitrogens with zero attached hydrogens (tertiary/aromatic N) is 1. The second-order valence-corrected chi connectivity index (χ2v) is 4.46. The summed E-state index contributed by atoms with van der Waals surface area (Å²) < 4.78 is 6.10. The number of carbonyl (C=O) groups is 1. The minimum Gasteiger partial charge on any atom is -0.480 e. The molecule has 5 heteroatoms. The molecule has 0 aliphatic heterocycles. The smallest absolute Gasteiger partial charge is 0.317 e. The van der Waals surface area contributed by atoms with Crippen molar-refractivity contribution in [1.29, 1.82) is 0 Å². The Morgan fingerprint density at radius 2 is 2.31 bits per heavy atom. The second-order valence-electron chi connectivity index (χ2n) is 3.68. The van der Waals surface area contributed by atoms with Crippen molar-refractivity contribution in [3.05, 3.63) is 22.6 Å². The molecule has 0 aromatic carbocycles. The molecule has 0 bridgehead atoms. The summed E-state index contributed by atoms with van der Waals surface area (Å²) >= 11 is 3.24. The molecule has 1 rings (SSSR count). The van der Waals surface area contributed by atoms with Crippen LogP contribution in [0.1, 0.15) is 32.1 Å². The maximum atomic E-state index is 10.7. The fourth-order valence-corrected chi connectivity index (χ4v) is 1.92. The first-order valence-electron chi connectivity index (χ1n) is 5.25. The Kier molecular flexibility index (Phi) is 5.02. The molecule has 0 saturated carbocycles. The van der Waals surface area contributed by atoms with E-state index in [2.05, 4.69) is 15.9 Å². The molecule has 4 nitrogen and oxygen atoms in total. The first kappa shape index (κ1) is 13.3. The van der Waals surface area contributed by atoms with Crippen LogP contribution in [0.5, 0.6) is 0 Å². The summed E-state index contributed by atoms with van der Waals surface area (Å²) in [6.45, 7) is 4.75. The van der Waals surface area contributed by atoms with Gasteiger partial charge in [-0.2, -0.15) is 0 Å². The van der Waals surface area contributed by atoms with E-state index in [1.807, 2.05) is 30.9 Å². The van der Waals surface area contributed by atoms with Crippen LogP contribution in [-0.4, -0.2) is 29.1 Å². The van der Waals surface area contributed by atoms with E-state index in [9.17, 15) is 4.79 Å². The van der Waals surface area contributed by atoms with Crippen LogP contribution in [0.4, 0.5) is 0 Å². The number of carboxylic acids is 1. The van der Waals surface area contributed by atoms with Gasteiger partial charge in [0.05, 0.1) is 12.6 Å². The molecule has 1 N–H and O–H groups in total. The minimum absolute atomic E-state index is 0.0256. The third kappa shape index (κ3) is 3.64. The minimum atomic E-state index is -0.814. The van der Waals surface area contributed by atoms with Gasteiger partial charge in [-0.25, -0.2) is 0 Å². The molecule has 0 aliphatic rings. The Bertz CT molecular complexity index is 351.